The minimum absolute atomic E-state index is 0.0809. The van der Waals surface area contributed by atoms with E-state index in [4.69, 9.17) is 9.72 Å². The van der Waals surface area contributed by atoms with Crippen molar-refractivity contribution in [2.75, 3.05) is 38.3 Å². The van der Waals surface area contributed by atoms with Gasteiger partial charge in [0.25, 0.3) is 5.91 Å². The van der Waals surface area contributed by atoms with Crippen molar-refractivity contribution in [1.82, 2.24) is 15.3 Å². The average molecular weight is 401 g/mol. The van der Waals surface area contributed by atoms with E-state index in [2.05, 4.69) is 22.1 Å². The number of thioether (sulfide) groups is 1. The zero-order valence-corrected chi connectivity index (χ0v) is 17.6. The lowest BCUT2D eigenvalue weighted by molar-refractivity contribution is 0.0937. The maximum absolute atomic E-state index is 12.2. The molecule has 0 aliphatic carbocycles. The molecule has 1 aliphatic heterocycles. The van der Waals surface area contributed by atoms with Crippen LogP contribution in [0.2, 0.25) is 0 Å². The molecule has 2 aromatic rings. The third-order valence-electron chi connectivity index (χ3n) is 4.90. The first-order valence-electron chi connectivity index (χ1n) is 9.67. The predicted molar refractivity (Wildman–Crippen MR) is 113 cm³/mol. The summed E-state index contributed by atoms with van der Waals surface area (Å²) in [6, 6.07) is 7.70. The number of nitrogens with zero attached hydrogens (tertiary/aromatic N) is 3. The van der Waals surface area contributed by atoms with Gasteiger partial charge in [-0.3, -0.25) is 4.79 Å². The number of hydrogen-bond acceptors (Lipinski definition) is 6. The average Bonchev–Trinajstić information content (AvgIpc) is 3.23. The monoisotopic (exact) mass is 400 g/mol. The van der Waals surface area contributed by atoms with E-state index in [0.717, 1.165) is 41.1 Å². The van der Waals surface area contributed by atoms with Gasteiger partial charge in [0.1, 0.15) is 5.82 Å². The summed E-state index contributed by atoms with van der Waals surface area (Å²) in [5.74, 6) is 1.71. The molecule has 0 atom stereocenters. The number of aromatic nitrogens is 2. The summed E-state index contributed by atoms with van der Waals surface area (Å²) in [4.78, 5) is 24.1. The Morgan fingerprint density at radius 2 is 2.04 bits per heavy atom. The molecule has 1 aromatic heterocycles. The van der Waals surface area contributed by atoms with Gasteiger partial charge in [-0.05, 0) is 44.4 Å². The van der Waals surface area contributed by atoms with Crippen LogP contribution >= 0.6 is 11.8 Å². The van der Waals surface area contributed by atoms with E-state index in [0.29, 0.717) is 18.7 Å². The topological polar surface area (TPSA) is 67.3 Å². The molecule has 0 radical (unpaired) electrons. The minimum Gasteiger partial charge on any atom is -0.383 e. The van der Waals surface area contributed by atoms with E-state index in [9.17, 15) is 4.79 Å². The van der Waals surface area contributed by atoms with Crippen molar-refractivity contribution < 1.29 is 9.53 Å². The summed E-state index contributed by atoms with van der Waals surface area (Å²) >= 11 is 1.61. The van der Waals surface area contributed by atoms with Gasteiger partial charge in [0.2, 0.25) is 0 Å². The lowest BCUT2D eigenvalue weighted by atomic mass is 10.1. The number of carbonyl (C=O) groups is 1. The van der Waals surface area contributed by atoms with Gasteiger partial charge in [0.15, 0.2) is 5.16 Å². The molecule has 1 fully saturated rings. The van der Waals surface area contributed by atoms with Gasteiger partial charge in [-0.25, -0.2) is 9.97 Å². The quantitative estimate of drug-likeness (QED) is 0.416. The van der Waals surface area contributed by atoms with Crippen LogP contribution in [0.3, 0.4) is 0 Å². The van der Waals surface area contributed by atoms with Crippen LogP contribution < -0.4 is 10.2 Å². The van der Waals surface area contributed by atoms with Crippen molar-refractivity contribution in [2.45, 2.75) is 37.6 Å². The maximum atomic E-state index is 12.2. The maximum Gasteiger partial charge on any atom is 0.251 e. The van der Waals surface area contributed by atoms with Crippen LogP contribution in [0, 0.1) is 13.8 Å². The molecular weight excluding hydrogens is 372 g/mol. The molecule has 1 aromatic carbocycles. The number of benzene rings is 1. The first-order chi connectivity index (χ1) is 13.6. The van der Waals surface area contributed by atoms with Crippen LogP contribution in [0.15, 0.2) is 29.4 Å². The lowest BCUT2D eigenvalue weighted by Gasteiger charge is -2.20. The zero-order chi connectivity index (χ0) is 19.9. The van der Waals surface area contributed by atoms with Crippen molar-refractivity contribution in [3.63, 3.8) is 0 Å². The molecule has 1 amide bonds. The van der Waals surface area contributed by atoms with Crippen LogP contribution in [0.4, 0.5) is 5.82 Å². The van der Waals surface area contributed by atoms with Gasteiger partial charge in [0.05, 0.1) is 6.61 Å². The van der Waals surface area contributed by atoms with E-state index in [1.807, 2.05) is 31.2 Å². The first-order valence-corrected chi connectivity index (χ1v) is 10.7. The third-order valence-corrected chi connectivity index (χ3v) is 5.82. The summed E-state index contributed by atoms with van der Waals surface area (Å²) in [5.41, 5.74) is 3.94. The van der Waals surface area contributed by atoms with Crippen LogP contribution in [0.1, 0.15) is 40.0 Å². The molecule has 0 bridgehead atoms. The van der Waals surface area contributed by atoms with E-state index in [1.165, 1.54) is 18.4 Å². The smallest absolute Gasteiger partial charge is 0.251 e. The summed E-state index contributed by atoms with van der Waals surface area (Å²) < 4.78 is 4.97. The van der Waals surface area contributed by atoms with E-state index in [-0.39, 0.29) is 5.91 Å². The van der Waals surface area contributed by atoms with Crippen molar-refractivity contribution in [1.29, 1.82) is 0 Å². The second-order valence-electron chi connectivity index (χ2n) is 6.97. The van der Waals surface area contributed by atoms with Crippen molar-refractivity contribution in [2.24, 2.45) is 0 Å². The molecule has 28 heavy (non-hydrogen) atoms. The number of ether oxygens (including phenoxy) is 1. The standard InChI is InChI=1S/C21H28N4O2S/c1-15-16(2)23-21(24-19(15)25-10-4-5-11-25)28-14-17-7-6-8-18(13-17)20(26)22-9-12-27-3/h6-8,13H,4-5,9-12,14H2,1-3H3,(H,22,26). The summed E-state index contributed by atoms with van der Waals surface area (Å²) in [5, 5.41) is 3.64. The fourth-order valence-corrected chi connectivity index (χ4v) is 4.04. The molecule has 0 unspecified atom stereocenters. The Bertz CT molecular complexity index is 822. The summed E-state index contributed by atoms with van der Waals surface area (Å²) in [6.07, 6.45) is 2.45. The van der Waals surface area contributed by atoms with Crippen molar-refractivity contribution in [3.05, 3.63) is 46.6 Å². The van der Waals surface area contributed by atoms with Gasteiger partial charge in [-0.2, -0.15) is 0 Å². The number of aryl methyl sites for hydroxylation is 1. The number of hydrogen-bond donors (Lipinski definition) is 1. The number of rotatable bonds is 8. The normalized spacial score (nSPS) is 13.8. The van der Waals surface area contributed by atoms with Crippen LogP contribution in [-0.4, -0.2) is 49.2 Å². The fraction of sp³-hybridized carbons (Fsp3) is 0.476. The largest absolute Gasteiger partial charge is 0.383 e. The molecule has 1 aliphatic rings. The zero-order valence-electron chi connectivity index (χ0n) is 16.8. The second-order valence-corrected chi connectivity index (χ2v) is 7.91. The Morgan fingerprint density at radius 3 is 2.79 bits per heavy atom. The molecule has 3 rings (SSSR count). The van der Waals surface area contributed by atoms with Crippen molar-refractivity contribution >= 4 is 23.5 Å². The van der Waals surface area contributed by atoms with Crippen LogP contribution in [0.25, 0.3) is 0 Å². The molecule has 2 heterocycles. The Morgan fingerprint density at radius 1 is 1.25 bits per heavy atom. The van der Waals surface area contributed by atoms with Crippen LogP contribution in [0.5, 0.6) is 0 Å². The Labute approximate surface area is 171 Å². The first kappa shape index (κ1) is 20.6. The Hall–Kier alpha value is -2.12. The number of methoxy groups -OCH3 is 1. The van der Waals surface area contributed by atoms with Crippen LogP contribution in [-0.2, 0) is 10.5 Å². The molecule has 6 nitrogen and oxygen atoms in total. The molecular formula is C21H28N4O2S. The third kappa shape index (κ3) is 5.23. The highest BCUT2D eigenvalue weighted by Gasteiger charge is 2.18. The van der Waals surface area contributed by atoms with Gasteiger partial charge in [-0.1, -0.05) is 23.9 Å². The SMILES string of the molecule is COCCNC(=O)c1cccc(CSc2nc(C)c(C)c(N3CCCC3)n2)c1. The molecule has 1 saturated heterocycles. The number of nitrogens with one attached hydrogen (secondary N) is 1. The summed E-state index contributed by atoms with van der Waals surface area (Å²) in [7, 11) is 1.62. The minimum atomic E-state index is -0.0809. The molecule has 0 spiro atoms. The number of amides is 1. The highest BCUT2D eigenvalue weighted by atomic mass is 32.2. The molecule has 0 saturated carbocycles. The predicted octanol–water partition coefficient (Wildman–Crippen LogP) is 3.36. The van der Waals surface area contributed by atoms with Gasteiger partial charge < -0.3 is 15.0 Å². The summed E-state index contributed by atoms with van der Waals surface area (Å²) in [6.45, 7) is 7.30. The number of carbonyl (C=O) groups excluding carboxylic acids is 1. The Balaban J connectivity index is 1.67. The van der Waals surface area contributed by atoms with Crippen molar-refractivity contribution in [3.8, 4) is 0 Å². The van der Waals surface area contributed by atoms with E-state index < -0.39 is 0 Å². The Kier molecular flexibility index (Phi) is 7.28. The molecule has 7 heteroatoms. The van der Waals surface area contributed by atoms with Gasteiger partial charge >= 0.3 is 0 Å². The van der Waals surface area contributed by atoms with Gasteiger partial charge in [0, 0.05) is 49.3 Å². The second kappa shape index (κ2) is 9.89. The van der Waals surface area contributed by atoms with E-state index in [1.54, 1.807) is 18.9 Å². The lowest BCUT2D eigenvalue weighted by Crippen LogP contribution is -2.26. The molecule has 150 valence electrons. The highest BCUT2D eigenvalue weighted by Crippen LogP contribution is 2.28. The molecule has 1 N–H and O–H groups in total. The van der Waals surface area contributed by atoms with E-state index >= 15 is 0 Å². The highest BCUT2D eigenvalue weighted by molar-refractivity contribution is 7.98. The van der Waals surface area contributed by atoms with Gasteiger partial charge in [-0.15, -0.1) is 0 Å². The fourth-order valence-electron chi connectivity index (χ4n) is 3.21. The number of anilines is 1.